The number of aromatic nitrogens is 2. The van der Waals surface area contributed by atoms with Crippen molar-refractivity contribution in [2.75, 3.05) is 19.0 Å². The van der Waals surface area contributed by atoms with Crippen LogP contribution in [0.4, 0.5) is 5.69 Å². The summed E-state index contributed by atoms with van der Waals surface area (Å²) < 4.78 is 6.94. The van der Waals surface area contributed by atoms with Crippen LogP contribution in [0.1, 0.15) is 48.2 Å². The molecule has 0 unspecified atom stereocenters. The number of rotatable bonds is 4. The molecule has 1 aliphatic carbocycles. The number of hydrogen-bond donors (Lipinski definition) is 1. The van der Waals surface area contributed by atoms with Crippen LogP contribution in [-0.2, 0) is 17.9 Å². The Labute approximate surface area is 175 Å². The Balaban J connectivity index is 1.55. The summed E-state index contributed by atoms with van der Waals surface area (Å²) in [6.45, 7) is 1.48. The summed E-state index contributed by atoms with van der Waals surface area (Å²) in [5.41, 5.74) is 0.887. The van der Waals surface area contributed by atoms with Crippen molar-refractivity contribution in [2.24, 2.45) is 5.41 Å². The number of methoxy groups -OCH3 is 1. The maximum atomic E-state index is 13.2. The number of carbonyl (C=O) groups excluding carboxylic acids is 2. The average Bonchev–Trinajstić information content (AvgIpc) is 3.36. The number of aryl methyl sites for hydroxylation is 1. The average molecular weight is 407 g/mol. The highest BCUT2D eigenvalue weighted by Gasteiger charge is 2.44. The number of carbonyl (C=O) groups is 2. The largest absolute Gasteiger partial charge is 0.497 e. The van der Waals surface area contributed by atoms with Crippen LogP contribution in [0.25, 0.3) is 0 Å². The molecule has 0 atom stereocenters. The van der Waals surface area contributed by atoms with Crippen molar-refractivity contribution in [3.63, 3.8) is 0 Å². The normalized spacial score (nSPS) is 17.5. The van der Waals surface area contributed by atoms with Crippen LogP contribution < -0.4 is 10.1 Å². The van der Waals surface area contributed by atoms with E-state index in [1.807, 2.05) is 0 Å². The van der Waals surface area contributed by atoms with Crippen molar-refractivity contribution in [3.8, 4) is 11.8 Å². The van der Waals surface area contributed by atoms with Gasteiger partial charge < -0.3 is 15.0 Å². The molecule has 8 heteroatoms. The van der Waals surface area contributed by atoms with Gasteiger partial charge in [0.15, 0.2) is 0 Å². The molecule has 30 heavy (non-hydrogen) atoms. The maximum absolute atomic E-state index is 13.2. The molecule has 2 aliphatic rings. The third kappa shape index (κ3) is 3.63. The second kappa shape index (κ2) is 8.19. The number of hydrogen-bond acceptors (Lipinski definition) is 5. The van der Waals surface area contributed by atoms with Gasteiger partial charge in [0.2, 0.25) is 5.91 Å². The van der Waals surface area contributed by atoms with Gasteiger partial charge in [0, 0.05) is 18.8 Å². The second-order valence-electron chi connectivity index (χ2n) is 7.89. The van der Waals surface area contributed by atoms with Gasteiger partial charge in [-0.3, -0.25) is 14.3 Å². The zero-order chi connectivity index (χ0) is 21.1. The Morgan fingerprint density at radius 3 is 2.57 bits per heavy atom. The van der Waals surface area contributed by atoms with E-state index < -0.39 is 5.41 Å². The minimum absolute atomic E-state index is 0.112. The van der Waals surface area contributed by atoms with E-state index in [-0.39, 0.29) is 18.4 Å². The third-order valence-electron chi connectivity index (χ3n) is 6.05. The lowest BCUT2D eigenvalue weighted by Crippen LogP contribution is -2.42. The lowest BCUT2D eigenvalue weighted by molar-refractivity contribution is -0.139. The minimum Gasteiger partial charge on any atom is -0.497 e. The van der Waals surface area contributed by atoms with Gasteiger partial charge in [0.1, 0.15) is 11.2 Å². The summed E-state index contributed by atoms with van der Waals surface area (Å²) in [5.74, 6) is 0.324. The number of nitrogens with one attached hydrogen (secondary N) is 1. The Kier molecular flexibility index (Phi) is 5.44. The smallest absolute Gasteiger partial charge is 0.259 e. The van der Waals surface area contributed by atoms with Crippen molar-refractivity contribution in [1.82, 2.24) is 14.7 Å². The van der Waals surface area contributed by atoms with Crippen LogP contribution in [0, 0.1) is 16.7 Å². The first-order valence-electron chi connectivity index (χ1n) is 10.3. The molecule has 2 aromatic rings. The molecule has 1 aromatic carbocycles. The van der Waals surface area contributed by atoms with E-state index in [4.69, 9.17) is 4.74 Å². The first-order chi connectivity index (χ1) is 14.6. The maximum Gasteiger partial charge on any atom is 0.259 e. The van der Waals surface area contributed by atoms with Gasteiger partial charge in [-0.15, -0.1) is 0 Å². The topological polar surface area (TPSA) is 100 Å². The summed E-state index contributed by atoms with van der Waals surface area (Å²) in [7, 11) is 1.59. The number of anilines is 1. The first-order valence-corrected chi connectivity index (χ1v) is 10.3. The Morgan fingerprint density at radius 1 is 1.17 bits per heavy atom. The third-order valence-corrected chi connectivity index (χ3v) is 6.05. The number of benzene rings is 1. The highest BCUT2D eigenvalue weighted by atomic mass is 16.5. The molecule has 1 saturated carbocycles. The van der Waals surface area contributed by atoms with Gasteiger partial charge in [-0.25, -0.2) is 0 Å². The minimum atomic E-state index is -0.916. The van der Waals surface area contributed by atoms with E-state index >= 15 is 0 Å². The number of fused-ring (bicyclic) bond motifs is 1. The number of ether oxygens (including phenoxy) is 1. The fourth-order valence-electron chi connectivity index (χ4n) is 4.33. The molecule has 1 aromatic heterocycles. The summed E-state index contributed by atoms with van der Waals surface area (Å²) in [4.78, 5) is 27.9. The molecule has 0 bridgehead atoms. The predicted molar refractivity (Wildman–Crippen MR) is 110 cm³/mol. The fraction of sp³-hybridized carbons (Fsp3) is 0.455. The van der Waals surface area contributed by atoms with E-state index in [0.29, 0.717) is 48.6 Å². The Morgan fingerprint density at radius 2 is 1.90 bits per heavy atom. The fourth-order valence-corrected chi connectivity index (χ4v) is 4.33. The van der Waals surface area contributed by atoms with Gasteiger partial charge >= 0.3 is 0 Å². The second-order valence-corrected chi connectivity index (χ2v) is 7.89. The monoisotopic (exact) mass is 407 g/mol. The molecule has 2 amide bonds. The highest BCUT2D eigenvalue weighted by Crippen LogP contribution is 2.39. The van der Waals surface area contributed by atoms with Gasteiger partial charge in [-0.1, -0.05) is 12.8 Å². The van der Waals surface area contributed by atoms with Crippen LogP contribution in [0.2, 0.25) is 0 Å². The van der Waals surface area contributed by atoms with Crippen LogP contribution in [0.3, 0.4) is 0 Å². The van der Waals surface area contributed by atoms with Gasteiger partial charge in [0.05, 0.1) is 37.2 Å². The SMILES string of the molecule is COc1ccc(NC(=O)c2cnn3c2CN(C(=O)C2(C#N)CCCC2)CCC3)cc1. The first kappa shape index (κ1) is 20.0. The van der Waals surface area contributed by atoms with E-state index in [0.717, 1.165) is 19.3 Å². The molecule has 1 fully saturated rings. The molecule has 1 aliphatic heterocycles. The lowest BCUT2D eigenvalue weighted by atomic mass is 9.86. The summed E-state index contributed by atoms with van der Waals surface area (Å²) in [5, 5.41) is 16.9. The quantitative estimate of drug-likeness (QED) is 0.840. The summed E-state index contributed by atoms with van der Waals surface area (Å²) in [6.07, 6.45) is 5.33. The molecule has 0 spiro atoms. The highest BCUT2D eigenvalue weighted by molar-refractivity contribution is 6.05. The van der Waals surface area contributed by atoms with Crippen molar-refractivity contribution in [2.45, 2.75) is 45.2 Å². The Hall–Kier alpha value is -3.34. The molecule has 1 N–H and O–H groups in total. The molecule has 8 nitrogen and oxygen atoms in total. The molecule has 2 heterocycles. The van der Waals surface area contributed by atoms with E-state index in [1.165, 1.54) is 0 Å². The number of amides is 2. The summed E-state index contributed by atoms with van der Waals surface area (Å²) in [6, 6.07) is 9.38. The number of nitriles is 1. The standard InChI is InChI=1S/C22H25N5O3/c1-30-17-7-5-16(6-8-17)25-20(28)18-13-24-27-12-4-11-26(14-19(18)27)21(29)22(15-23)9-2-3-10-22/h5-8,13H,2-4,9-12,14H2,1H3,(H,25,28). The van der Waals surface area contributed by atoms with Crippen molar-refractivity contribution >= 4 is 17.5 Å². The molecular formula is C22H25N5O3. The van der Waals surface area contributed by atoms with E-state index in [2.05, 4.69) is 16.5 Å². The zero-order valence-corrected chi connectivity index (χ0v) is 17.1. The Bertz CT molecular complexity index is 983. The van der Waals surface area contributed by atoms with Gasteiger partial charge in [-0.2, -0.15) is 10.4 Å². The molecule has 0 radical (unpaired) electrons. The van der Waals surface area contributed by atoms with Crippen molar-refractivity contribution in [1.29, 1.82) is 5.26 Å². The zero-order valence-electron chi connectivity index (χ0n) is 17.1. The van der Waals surface area contributed by atoms with Gasteiger partial charge in [-0.05, 0) is 43.5 Å². The number of nitrogens with zero attached hydrogens (tertiary/aromatic N) is 4. The lowest BCUT2D eigenvalue weighted by Gasteiger charge is -2.28. The summed E-state index contributed by atoms with van der Waals surface area (Å²) >= 11 is 0. The van der Waals surface area contributed by atoms with Crippen LogP contribution in [0.5, 0.6) is 5.75 Å². The molecular weight excluding hydrogens is 382 g/mol. The molecule has 156 valence electrons. The van der Waals surface area contributed by atoms with E-state index in [9.17, 15) is 14.9 Å². The predicted octanol–water partition coefficient (Wildman–Crippen LogP) is 2.96. The van der Waals surface area contributed by atoms with Crippen LogP contribution in [0.15, 0.2) is 30.5 Å². The van der Waals surface area contributed by atoms with E-state index in [1.54, 1.807) is 47.2 Å². The van der Waals surface area contributed by atoms with Crippen LogP contribution in [-0.4, -0.2) is 40.1 Å². The van der Waals surface area contributed by atoms with Crippen molar-refractivity contribution in [3.05, 3.63) is 41.7 Å². The van der Waals surface area contributed by atoms with Crippen molar-refractivity contribution < 1.29 is 14.3 Å². The van der Waals surface area contributed by atoms with Gasteiger partial charge in [0.25, 0.3) is 5.91 Å². The van der Waals surface area contributed by atoms with Crippen LogP contribution >= 0.6 is 0 Å². The molecule has 0 saturated heterocycles. The molecule has 4 rings (SSSR count).